The molecule has 1 aliphatic heterocycles. The van der Waals surface area contributed by atoms with E-state index in [9.17, 15) is 13.2 Å². The first-order valence-corrected chi connectivity index (χ1v) is 9.00. The summed E-state index contributed by atoms with van der Waals surface area (Å²) in [5.41, 5.74) is 0. The zero-order valence-electron chi connectivity index (χ0n) is 12.4. The van der Waals surface area contributed by atoms with Crippen molar-refractivity contribution in [3.63, 3.8) is 0 Å². The second kappa shape index (κ2) is 6.55. The predicted molar refractivity (Wildman–Crippen MR) is 76.3 cm³/mol. The fourth-order valence-corrected chi connectivity index (χ4v) is 3.44. The van der Waals surface area contributed by atoms with E-state index in [2.05, 4.69) is 10.1 Å². The minimum absolute atomic E-state index is 0.0240. The third kappa shape index (κ3) is 4.52. The molecule has 2 heterocycles. The van der Waals surface area contributed by atoms with Crippen molar-refractivity contribution in [3.8, 4) is 0 Å². The van der Waals surface area contributed by atoms with Gasteiger partial charge in [0.05, 0.1) is 5.75 Å². The third-order valence-corrected chi connectivity index (χ3v) is 5.00. The van der Waals surface area contributed by atoms with Gasteiger partial charge < -0.3 is 9.42 Å². The van der Waals surface area contributed by atoms with Crippen LogP contribution in [0.15, 0.2) is 4.52 Å². The Bertz CT molecular complexity index is 594. The molecule has 1 aromatic rings. The first kappa shape index (κ1) is 15.9. The molecular formula is C13H21N3O4S. The molecule has 1 amide bonds. The minimum atomic E-state index is -3.29. The van der Waals surface area contributed by atoms with Gasteiger partial charge in [0.2, 0.25) is 11.8 Å². The molecule has 0 aromatic carbocycles. The second-order valence-corrected chi connectivity index (χ2v) is 7.82. The van der Waals surface area contributed by atoms with Crippen LogP contribution < -0.4 is 0 Å². The molecule has 21 heavy (non-hydrogen) atoms. The van der Waals surface area contributed by atoms with E-state index < -0.39 is 9.84 Å². The molecule has 0 atom stereocenters. The molecule has 1 aromatic heterocycles. The summed E-state index contributed by atoms with van der Waals surface area (Å²) in [6, 6.07) is 0. The number of carbonyl (C=O) groups excluding carboxylic acids is 1. The summed E-state index contributed by atoms with van der Waals surface area (Å²) in [5, 5.41) is 3.75. The van der Waals surface area contributed by atoms with Crippen molar-refractivity contribution in [2.45, 2.75) is 44.8 Å². The van der Waals surface area contributed by atoms with Crippen LogP contribution in [-0.4, -0.2) is 48.2 Å². The zero-order valence-corrected chi connectivity index (χ0v) is 13.2. The number of carbonyl (C=O) groups is 1. The third-order valence-electron chi connectivity index (χ3n) is 3.40. The summed E-state index contributed by atoms with van der Waals surface area (Å²) in [6.45, 7) is 5.06. The molecule has 0 radical (unpaired) electrons. The van der Waals surface area contributed by atoms with Gasteiger partial charge >= 0.3 is 0 Å². The summed E-state index contributed by atoms with van der Waals surface area (Å²) in [7, 11) is -3.29. The Kier molecular flexibility index (Phi) is 4.97. The van der Waals surface area contributed by atoms with E-state index in [0.29, 0.717) is 25.2 Å². The highest BCUT2D eigenvalue weighted by Crippen LogP contribution is 2.13. The van der Waals surface area contributed by atoms with Gasteiger partial charge in [-0.05, 0) is 12.8 Å². The van der Waals surface area contributed by atoms with E-state index in [0.717, 1.165) is 13.0 Å². The summed E-state index contributed by atoms with van der Waals surface area (Å²) < 4.78 is 29.0. The lowest BCUT2D eigenvalue weighted by Gasteiger charge is -2.14. The number of nitrogens with zero attached hydrogens (tertiary/aromatic N) is 3. The Morgan fingerprint density at radius 2 is 2.14 bits per heavy atom. The molecule has 2 rings (SSSR count). The monoisotopic (exact) mass is 315 g/mol. The molecule has 0 aliphatic carbocycles. The molecule has 1 aliphatic rings. The molecule has 0 spiro atoms. The zero-order chi connectivity index (χ0) is 15.5. The van der Waals surface area contributed by atoms with Gasteiger partial charge in [-0.3, -0.25) is 4.79 Å². The van der Waals surface area contributed by atoms with Crippen molar-refractivity contribution in [1.29, 1.82) is 0 Å². The molecule has 1 fully saturated rings. The molecular weight excluding hydrogens is 294 g/mol. The number of likely N-dealkylation sites (tertiary alicyclic amines) is 1. The van der Waals surface area contributed by atoms with Gasteiger partial charge in [0.1, 0.15) is 5.75 Å². The van der Waals surface area contributed by atoms with Crippen LogP contribution in [-0.2, 0) is 20.4 Å². The van der Waals surface area contributed by atoms with Gasteiger partial charge in [-0.15, -0.1) is 0 Å². The highest BCUT2D eigenvalue weighted by atomic mass is 32.2. The first-order chi connectivity index (χ1) is 9.87. The fourth-order valence-electron chi connectivity index (χ4n) is 2.24. The average Bonchev–Trinajstić information content (AvgIpc) is 2.99. The Morgan fingerprint density at radius 3 is 2.71 bits per heavy atom. The second-order valence-electron chi connectivity index (χ2n) is 5.63. The lowest BCUT2D eigenvalue weighted by Crippen LogP contribution is -2.27. The average molecular weight is 315 g/mol. The summed E-state index contributed by atoms with van der Waals surface area (Å²) in [4.78, 5) is 17.2. The molecule has 8 heteroatoms. The number of aromatic nitrogens is 2. The smallest absolute Gasteiger partial charge is 0.241 e. The van der Waals surface area contributed by atoms with E-state index >= 15 is 0 Å². The van der Waals surface area contributed by atoms with Gasteiger partial charge in [-0.1, -0.05) is 19.0 Å². The standard InChI is InChI=1S/C13H21N3O4S/c1-10(2)13-14-11(20-15-13)9-21(18,19)8-4-7-16-6-3-5-12(16)17/h10H,3-9H2,1-2H3. The maximum Gasteiger partial charge on any atom is 0.241 e. The van der Waals surface area contributed by atoms with E-state index in [-0.39, 0.29) is 29.2 Å². The van der Waals surface area contributed by atoms with E-state index in [1.807, 2.05) is 13.8 Å². The molecule has 118 valence electrons. The lowest BCUT2D eigenvalue weighted by molar-refractivity contribution is -0.127. The summed E-state index contributed by atoms with van der Waals surface area (Å²) >= 11 is 0. The molecule has 7 nitrogen and oxygen atoms in total. The van der Waals surface area contributed by atoms with Crippen LogP contribution in [0.4, 0.5) is 0 Å². The van der Waals surface area contributed by atoms with Gasteiger partial charge in [0, 0.05) is 25.4 Å². The number of hydrogen-bond donors (Lipinski definition) is 0. The predicted octanol–water partition coefficient (Wildman–Crippen LogP) is 1.12. The fraction of sp³-hybridized carbons (Fsp3) is 0.769. The number of rotatable bonds is 7. The number of amides is 1. The van der Waals surface area contributed by atoms with Crippen LogP contribution in [0, 0.1) is 0 Å². The topological polar surface area (TPSA) is 93.4 Å². The maximum atomic E-state index is 12.0. The normalized spacial score (nSPS) is 16.1. The first-order valence-electron chi connectivity index (χ1n) is 7.18. The van der Waals surface area contributed by atoms with Crippen molar-refractivity contribution in [2.75, 3.05) is 18.8 Å². The molecule has 0 bridgehead atoms. The number of hydrogen-bond acceptors (Lipinski definition) is 6. The minimum Gasteiger partial charge on any atom is -0.343 e. The quantitative estimate of drug-likeness (QED) is 0.748. The van der Waals surface area contributed by atoms with Crippen molar-refractivity contribution in [2.24, 2.45) is 0 Å². The largest absolute Gasteiger partial charge is 0.343 e. The van der Waals surface area contributed by atoms with Crippen molar-refractivity contribution >= 4 is 15.7 Å². The van der Waals surface area contributed by atoms with Gasteiger partial charge in [0.15, 0.2) is 15.7 Å². The van der Waals surface area contributed by atoms with Gasteiger partial charge in [-0.2, -0.15) is 4.98 Å². The highest BCUT2D eigenvalue weighted by molar-refractivity contribution is 7.90. The Balaban J connectivity index is 1.82. The summed E-state index contributed by atoms with van der Waals surface area (Å²) in [5.74, 6) is 0.660. The Labute approximate surface area is 124 Å². The van der Waals surface area contributed by atoms with Crippen LogP contribution in [0.1, 0.15) is 50.7 Å². The van der Waals surface area contributed by atoms with Crippen molar-refractivity contribution in [1.82, 2.24) is 15.0 Å². The van der Waals surface area contributed by atoms with Crippen molar-refractivity contribution in [3.05, 3.63) is 11.7 Å². The Hall–Kier alpha value is -1.44. The van der Waals surface area contributed by atoms with Gasteiger partial charge in [0.25, 0.3) is 0 Å². The van der Waals surface area contributed by atoms with Gasteiger partial charge in [-0.25, -0.2) is 8.42 Å². The van der Waals surface area contributed by atoms with E-state index in [4.69, 9.17) is 4.52 Å². The van der Waals surface area contributed by atoms with E-state index in [1.165, 1.54) is 0 Å². The number of sulfone groups is 1. The highest BCUT2D eigenvalue weighted by Gasteiger charge is 2.22. The van der Waals surface area contributed by atoms with Crippen LogP contribution in [0.5, 0.6) is 0 Å². The van der Waals surface area contributed by atoms with Crippen LogP contribution in [0.25, 0.3) is 0 Å². The van der Waals surface area contributed by atoms with Crippen LogP contribution in [0.3, 0.4) is 0 Å². The van der Waals surface area contributed by atoms with Crippen LogP contribution in [0.2, 0.25) is 0 Å². The molecule has 1 saturated heterocycles. The maximum absolute atomic E-state index is 12.0. The van der Waals surface area contributed by atoms with E-state index in [1.54, 1.807) is 4.90 Å². The summed E-state index contributed by atoms with van der Waals surface area (Å²) in [6.07, 6.45) is 1.89. The SMILES string of the molecule is CC(C)c1noc(CS(=O)(=O)CCCN2CCCC2=O)n1. The molecule has 0 N–H and O–H groups in total. The molecule has 0 saturated carbocycles. The lowest BCUT2D eigenvalue weighted by atomic mass is 10.2. The molecule has 0 unspecified atom stereocenters. The Morgan fingerprint density at radius 1 is 1.38 bits per heavy atom. The van der Waals surface area contributed by atoms with Crippen LogP contribution >= 0.6 is 0 Å². The van der Waals surface area contributed by atoms with Crippen molar-refractivity contribution < 1.29 is 17.7 Å².